The fraction of sp³-hybridized carbons (Fsp3) is 0.455. The van der Waals surface area contributed by atoms with Crippen molar-refractivity contribution in [3.63, 3.8) is 0 Å². The zero-order chi connectivity index (χ0) is 18.9. The fourth-order valence-corrected chi connectivity index (χ4v) is 4.60. The smallest absolute Gasteiger partial charge is 0.220 e. The summed E-state index contributed by atoms with van der Waals surface area (Å²) in [5, 5.41) is 3.35. The van der Waals surface area contributed by atoms with Crippen molar-refractivity contribution in [3.05, 3.63) is 59.4 Å². The number of benzene rings is 1. The van der Waals surface area contributed by atoms with E-state index in [4.69, 9.17) is 9.72 Å². The van der Waals surface area contributed by atoms with Crippen LogP contribution in [0.25, 0.3) is 0 Å². The lowest BCUT2D eigenvalue weighted by molar-refractivity contribution is -0.125. The second kappa shape index (κ2) is 7.31. The first-order valence-electron chi connectivity index (χ1n) is 9.68. The Kier molecular flexibility index (Phi) is 4.87. The number of ether oxygens (including phenoxy) is 1. The lowest BCUT2D eigenvalue weighted by atomic mass is 9.78. The predicted molar refractivity (Wildman–Crippen MR) is 105 cm³/mol. The predicted octanol–water partition coefficient (Wildman–Crippen LogP) is 3.04. The molecule has 0 aliphatic carbocycles. The molecular weight excluding hydrogens is 338 g/mol. The number of rotatable bonds is 4. The van der Waals surface area contributed by atoms with Crippen molar-refractivity contribution < 1.29 is 9.53 Å². The van der Waals surface area contributed by atoms with E-state index in [1.165, 1.54) is 5.56 Å². The van der Waals surface area contributed by atoms with Crippen molar-refractivity contribution in [2.75, 3.05) is 20.2 Å². The van der Waals surface area contributed by atoms with Crippen molar-refractivity contribution in [1.29, 1.82) is 0 Å². The number of piperidine rings is 1. The van der Waals surface area contributed by atoms with E-state index in [1.54, 1.807) is 7.11 Å². The van der Waals surface area contributed by atoms with E-state index in [0.29, 0.717) is 6.42 Å². The Balaban J connectivity index is 1.59. The van der Waals surface area contributed by atoms with E-state index in [2.05, 4.69) is 34.5 Å². The minimum atomic E-state index is -0.206. The lowest BCUT2D eigenvalue weighted by Crippen LogP contribution is -2.56. The third-order valence-corrected chi connectivity index (χ3v) is 5.86. The van der Waals surface area contributed by atoms with E-state index in [9.17, 15) is 4.79 Å². The number of aryl methyl sites for hydroxylation is 1. The summed E-state index contributed by atoms with van der Waals surface area (Å²) in [5.41, 5.74) is 3.17. The second-order valence-corrected chi connectivity index (χ2v) is 7.83. The second-order valence-electron chi connectivity index (χ2n) is 7.83. The highest BCUT2D eigenvalue weighted by Gasteiger charge is 2.49. The molecule has 5 nitrogen and oxygen atoms in total. The highest BCUT2D eigenvalue weighted by atomic mass is 16.5. The minimum Gasteiger partial charge on any atom is -0.497 e. The molecule has 1 N–H and O–H groups in total. The number of methoxy groups -OCH3 is 1. The first-order chi connectivity index (χ1) is 13.1. The molecule has 2 atom stereocenters. The topological polar surface area (TPSA) is 54.5 Å². The van der Waals surface area contributed by atoms with Crippen LogP contribution in [0.4, 0.5) is 0 Å². The van der Waals surface area contributed by atoms with Gasteiger partial charge in [0.2, 0.25) is 5.91 Å². The Hall–Kier alpha value is -2.40. The normalized spacial score (nSPS) is 25.6. The molecular formula is C22H27N3O2. The summed E-state index contributed by atoms with van der Waals surface area (Å²) < 4.78 is 5.26. The number of pyridine rings is 1. The fourth-order valence-electron chi connectivity index (χ4n) is 4.60. The van der Waals surface area contributed by atoms with Gasteiger partial charge in [0, 0.05) is 43.4 Å². The molecule has 27 heavy (non-hydrogen) atoms. The number of nitrogens with zero attached hydrogens (tertiary/aromatic N) is 2. The number of hydrogen-bond donors (Lipinski definition) is 1. The number of nitrogens with one attached hydrogen (secondary N) is 1. The molecule has 1 spiro atoms. The van der Waals surface area contributed by atoms with Gasteiger partial charge in [0.25, 0.3) is 0 Å². The number of carbonyl (C=O) groups excluding carboxylic acids is 1. The third-order valence-electron chi connectivity index (χ3n) is 5.86. The van der Waals surface area contributed by atoms with Crippen LogP contribution < -0.4 is 10.1 Å². The molecule has 2 aliphatic heterocycles. The van der Waals surface area contributed by atoms with Gasteiger partial charge in [-0.3, -0.25) is 14.7 Å². The van der Waals surface area contributed by atoms with Gasteiger partial charge in [-0.1, -0.05) is 18.2 Å². The maximum atomic E-state index is 12.2. The molecule has 3 heterocycles. The van der Waals surface area contributed by atoms with Gasteiger partial charge < -0.3 is 10.1 Å². The monoisotopic (exact) mass is 365 g/mol. The van der Waals surface area contributed by atoms with Crippen LogP contribution in [0.2, 0.25) is 0 Å². The number of hydrogen-bond acceptors (Lipinski definition) is 4. The van der Waals surface area contributed by atoms with E-state index < -0.39 is 0 Å². The van der Waals surface area contributed by atoms with Crippen LogP contribution in [0, 0.1) is 6.92 Å². The van der Waals surface area contributed by atoms with E-state index in [-0.39, 0.29) is 17.4 Å². The Labute approximate surface area is 160 Å². The van der Waals surface area contributed by atoms with Gasteiger partial charge in [-0.15, -0.1) is 0 Å². The molecule has 1 aromatic carbocycles. The Morgan fingerprint density at radius 1 is 1.26 bits per heavy atom. The molecule has 2 aliphatic rings. The largest absolute Gasteiger partial charge is 0.497 e. The summed E-state index contributed by atoms with van der Waals surface area (Å²) in [7, 11) is 1.68. The van der Waals surface area contributed by atoms with Crippen LogP contribution >= 0.6 is 0 Å². The number of carbonyl (C=O) groups is 1. The van der Waals surface area contributed by atoms with Crippen molar-refractivity contribution in [2.24, 2.45) is 0 Å². The summed E-state index contributed by atoms with van der Waals surface area (Å²) in [4.78, 5) is 19.5. The minimum absolute atomic E-state index is 0.171. The SMILES string of the molecule is COc1ccc(CN2C[C@@H](c3cccc(C)n3)[C@@]3(CCCC(=O)N3)C2)cc1. The molecule has 1 aromatic heterocycles. The Morgan fingerprint density at radius 3 is 2.78 bits per heavy atom. The number of likely N-dealkylation sites (tertiary alicyclic amines) is 1. The highest BCUT2D eigenvalue weighted by molar-refractivity contribution is 5.78. The molecule has 2 fully saturated rings. The zero-order valence-corrected chi connectivity index (χ0v) is 16.1. The molecule has 2 aromatic rings. The van der Waals surface area contributed by atoms with Crippen molar-refractivity contribution in [1.82, 2.24) is 15.2 Å². The quantitative estimate of drug-likeness (QED) is 0.905. The summed E-state index contributed by atoms with van der Waals surface area (Å²) >= 11 is 0. The molecule has 0 unspecified atom stereocenters. The number of aromatic nitrogens is 1. The first kappa shape index (κ1) is 18.0. The highest BCUT2D eigenvalue weighted by Crippen LogP contribution is 2.41. The van der Waals surface area contributed by atoms with E-state index in [0.717, 1.165) is 49.6 Å². The Morgan fingerprint density at radius 2 is 2.07 bits per heavy atom. The molecule has 142 valence electrons. The molecule has 5 heteroatoms. The van der Waals surface area contributed by atoms with Crippen LogP contribution in [-0.4, -0.2) is 41.5 Å². The van der Waals surface area contributed by atoms with Crippen LogP contribution in [0.5, 0.6) is 5.75 Å². The molecule has 0 radical (unpaired) electrons. The summed E-state index contributed by atoms with van der Waals surface area (Å²) in [6.45, 7) is 4.66. The van der Waals surface area contributed by atoms with E-state index in [1.807, 2.05) is 25.1 Å². The summed E-state index contributed by atoms with van der Waals surface area (Å²) in [6, 6.07) is 14.4. The zero-order valence-electron chi connectivity index (χ0n) is 16.1. The van der Waals surface area contributed by atoms with Crippen molar-refractivity contribution in [2.45, 2.75) is 44.2 Å². The molecule has 2 saturated heterocycles. The number of amides is 1. The standard InChI is InChI=1S/C22H27N3O2/c1-16-5-3-6-20(23-16)19-14-25(13-17-8-10-18(27-2)11-9-17)15-22(19)12-4-7-21(26)24-22/h3,5-6,8-11,19H,4,7,12-15H2,1-2H3,(H,24,26)/t19-,22+/m0/s1. The van der Waals surface area contributed by atoms with Gasteiger partial charge in [-0.05, 0) is 49.6 Å². The van der Waals surface area contributed by atoms with Crippen LogP contribution in [-0.2, 0) is 11.3 Å². The first-order valence-corrected chi connectivity index (χ1v) is 9.68. The summed E-state index contributed by atoms with van der Waals surface area (Å²) in [6.07, 6.45) is 2.59. The van der Waals surface area contributed by atoms with Crippen molar-refractivity contribution >= 4 is 5.91 Å². The van der Waals surface area contributed by atoms with Crippen LogP contribution in [0.15, 0.2) is 42.5 Å². The lowest BCUT2D eigenvalue weighted by Gasteiger charge is -2.39. The maximum Gasteiger partial charge on any atom is 0.220 e. The van der Waals surface area contributed by atoms with Gasteiger partial charge in [-0.25, -0.2) is 0 Å². The van der Waals surface area contributed by atoms with Crippen LogP contribution in [0.3, 0.4) is 0 Å². The third kappa shape index (κ3) is 3.69. The summed E-state index contributed by atoms with van der Waals surface area (Å²) in [5.74, 6) is 1.27. The Bertz CT molecular complexity index is 821. The van der Waals surface area contributed by atoms with Gasteiger partial charge in [-0.2, -0.15) is 0 Å². The van der Waals surface area contributed by atoms with Gasteiger partial charge >= 0.3 is 0 Å². The molecule has 4 rings (SSSR count). The maximum absolute atomic E-state index is 12.2. The van der Waals surface area contributed by atoms with Gasteiger partial charge in [0.05, 0.1) is 12.6 Å². The average Bonchev–Trinajstić information content (AvgIpc) is 2.99. The molecule has 1 amide bonds. The van der Waals surface area contributed by atoms with E-state index >= 15 is 0 Å². The van der Waals surface area contributed by atoms with Crippen LogP contribution in [0.1, 0.15) is 42.1 Å². The average molecular weight is 365 g/mol. The van der Waals surface area contributed by atoms with Crippen molar-refractivity contribution in [3.8, 4) is 5.75 Å². The van der Waals surface area contributed by atoms with Gasteiger partial charge in [0.15, 0.2) is 0 Å². The molecule has 0 bridgehead atoms. The molecule has 0 saturated carbocycles. The van der Waals surface area contributed by atoms with Gasteiger partial charge in [0.1, 0.15) is 5.75 Å².